The lowest BCUT2D eigenvalue weighted by atomic mass is 9.87. The fourth-order valence-corrected chi connectivity index (χ4v) is 1.79. The molecule has 0 bridgehead atoms. The molecule has 0 aromatic heterocycles. The molecule has 0 N–H and O–H groups in total. The molecule has 0 saturated heterocycles. The standard InChI is InChI=1S/C10H19NO/c1-6(2)9-8(5)10(7(3)4)12-11-9/h6-8,10H,1-5H3. The second-order valence-corrected chi connectivity index (χ2v) is 4.27. The summed E-state index contributed by atoms with van der Waals surface area (Å²) >= 11 is 0. The van der Waals surface area contributed by atoms with Gasteiger partial charge in [-0.2, -0.15) is 0 Å². The second kappa shape index (κ2) is 3.46. The fraction of sp³-hybridized carbons (Fsp3) is 0.900. The van der Waals surface area contributed by atoms with Crippen LogP contribution >= 0.6 is 0 Å². The smallest absolute Gasteiger partial charge is 0.137 e. The van der Waals surface area contributed by atoms with E-state index in [4.69, 9.17) is 4.84 Å². The van der Waals surface area contributed by atoms with Gasteiger partial charge in [-0.25, -0.2) is 0 Å². The van der Waals surface area contributed by atoms with E-state index in [1.807, 2.05) is 0 Å². The lowest BCUT2D eigenvalue weighted by molar-refractivity contribution is 0.0320. The Kier molecular flexibility index (Phi) is 2.76. The summed E-state index contributed by atoms with van der Waals surface area (Å²) in [5.41, 5.74) is 1.22. The Bertz CT molecular complexity index is 184. The highest BCUT2D eigenvalue weighted by Crippen LogP contribution is 2.27. The number of rotatable bonds is 2. The first-order valence-corrected chi connectivity index (χ1v) is 4.77. The molecule has 2 unspecified atom stereocenters. The molecule has 2 nitrogen and oxygen atoms in total. The summed E-state index contributed by atoms with van der Waals surface area (Å²) < 4.78 is 0. The molecule has 12 heavy (non-hydrogen) atoms. The Balaban J connectivity index is 2.63. The highest BCUT2D eigenvalue weighted by atomic mass is 16.6. The molecule has 0 amide bonds. The summed E-state index contributed by atoms with van der Waals surface area (Å²) in [6, 6.07) is 0. The van der Waals surface area contributed by atoms with Gasteiger partial charge < -0.3 is 4.84 Å². The predicted octanol–water partition coefficient (Wildman–Crippen LogP) is 2.69. The van der Waals surface area contributed by atoms with Crippen molar-refractivity contribution in [2.45, 2.75) is 40.7 Å². The third-order valence-electron chi connectivity index (χ3n) is 2.49. The summed E-state index contributed by atoms with van der Waals surface area (Å²) in [7, 11) is 0. The Morgan fingerprint density at radius 2 is 1.83 bits per heavy atom. The molecule has 70 valence electrons. The van der Waals surface area contributed by atoms with Crippen LogP contribution in [0.4, 0.5) is 0 Å². The quantitative estimate of drug-likeness (QED) is 0.622. The van der Waals surface area contributed by atoms with Gasteiger partial charge in [0.2, 0.25) is 0 Å². The minimum atomic E-state index is 0.294. The molecule has 1 aliphatic heterocycles. The average molecular weight is 169 g/mol. The van der Waals surface area contributed by atoms with E-state index in [0.717, 1.165) is 0 Å². The van der Waals surface area contributed by atoms with Gasteiger partial charge in [0.25, 0.3) is 0 Å². The Morgan fingerprint density at radius 1 is 1.25 bits per heavy atom. The summed E-state index contributed by atoms with van der Waals surface area (Å²) in [5, 5.41) is 4.14. The van der Waals surface area contributed by atoms with Gasteiger partial charge in [-0.15, -0.1) is 0 Å². The molecule has 0 aromatic carbocycles. The molecule has 2 heteroatoms. The molecule has 2 atom stereocenters. The van der Waals surface area contributed by atoms with Crippen LogP contribution in [-0.2, 0) is 4.84 Å². The maximum Gasteiger partial charge on any atom is 0.137 e. The van der Waals surface area contributed by atoms with E-state index >= 15 is 0 Å². The lowest BCUT2D eigenvalue weighted by Gasteiger charge is -2.18. The van der Waals surface area contributed by atoms with Crippen molar-refractivity contribution in [3.63, 3.8) is 0 Å². The summed E-state index contributed by atoms with van der Waals surface area (Å²) in [5.74, 6) is 1.56. The number of nitrogens with zero attached hydrogens (tertiary/aromatic N) is 1. The lowest BCUT2D eigenvalue weighted by Crippen LogP contribution is -2.27. The first-order chi connectivity index (χ1) is 5.54. The third kappa shape index (κ3) is 1.62. The normalized spacial score (nSPS) is 29.4. The zero-order valence-corrected chi connectivity index (χ0v) is 8.66. The number of hydrogen-bond acceptors (Lipinski definition) is 2. The van der Waals surface area contributed by atoms with E-state index < -0.39 is 0 Å². The topological polar surface area (TPSA) is 21.6 Å². The van der Waals surface area contributed by atoms with Gasteiger partial charge in [0.1, 0.15) is 6.10 Å². The SMILES string of the molecule is CC(C)C1=NOC(C(C)C)C1C. The highest BCUT2D eigenvalue weighted by Gasteiger charge is 2.33. The Labute approximate surface area is 75.0 Å². The molecule has 1 heterocycles. The molecule has 0 fully saturated rings. The summed E-state index contributed by atoms with van der Waals surface area (Å²) in [6.45, 7) is 10.9. The summed E-state index contributed by atoms with van der Waals surface area (Å²) in [4.78, 5) is 5.39. The van der Waals surface area contributed by atoms with Gasteiger partial charge in [-0.3, -0.25) is 0 Å². The molecule has 1 rings (SSSR count). The van der Waals surface area contributed by atoms with Crippen LogP contribution in [0.3, 0.4) is 0 Å². The molecule has 0 aliphatic carbocycles. The zero-order valence-electron chi connectivity index (χ0n) is 8.66. The number of hydrogen-bond donors (Lipinski definition) is 0. The maximum atomic E-state index is 5.39. The van der Waals surface area contributed by atoms with E-state index in [1.54, 1.807) is 0 Å². The second-order valence-electron chi connectivity index (χ2n) is 4.27. The van der Waals surface area contributed by atoms with Gasteiger partial charge in [0, 0.05) is 5.92 Å². The van der Waals surface area contributed by atoms with Crippen molar-refractivity contribution in [2.75, 3.05) is 0 Å². The van der Waals surface area contributed by atoms with Crippen molar-refractivity contribution in [3.05, 3.63) is 0 Å². The van der Waals surface area contributed by atoms with E-state index in [1.165, 1.54) is 5.71 Å². The van der Waals surface area contributed by atoms with E-state index in [9.17, 15) is 0 Å². The van der Waals surface area contributed by atoms with Crippen LogP contribution in [0.1, 0.15) is 34.6 Å². The minimum absolute atomic E-state index is 0.294. The Morgan fingerprint density at radius 3 is 2.08 bits per heavy atom. The van der Waals surface area contributed by atoms with Gasteiger partial charge in [0.15, 0.2) is 0 Å². The predicted molar refractivity (Wildman–Crippen MR) is 51.1 cm³/mol. The Hall–Kier alpha value is -0.530. The van der Waals surface area contributed by atoms with Crippen molar-refractivity contribution < 1.29 is 4.84 Å². The van der Waals surface area contributed by atoms with Crippen molar-refractivity contribution in [1.82, 2.24) is 0 Å². The minimum Gasteiger partial charge on any atom is -0.392 e. The molecule has 1 aliphatic rings. The number of oxime groups is 1. The molecule has 0 saturated carbocycles. The third-order valence-corrected chi connectivity index (χ3v) is 2.49. The van der Waals surface area contributed by atoms with Gasteiger partial charge in [0.05, 0.1) is 5.71 Å². The summed E-state index contributed by atoms with van der Waals surface area (Å²) in [6.07, 6.45) is 0.294. The van der Waals surface area contributed by atoms with Gasteiger partial charge >= 0.3 is 0 Å². The van der Waals surface area contributed by atoms with E-state index in [-0.39, 0.29) is 0 Å². The van der Waals surface area contributed by atoms with Crippen LogP contribution in [0.5, 0.6) is 0 Å². The first-order valence-electron chi connectivity index (χ1n) is 4.77. The molecule has 0 radical (unpaired) electrons. The fourth-order valence-electron chi connectivity index (χ4n) is 1.79. The first kappa shape index (κ1) is 9.56. The maximum absolute atomic E-state index is 5.39. The van der Waals surface area contributed by atoms with Crippen LogP contribution in [-0.4, -0.2) is 11.8 Å². The highest BCUT2D eigenvalue weighted by molar-refractivity contribution is 5.89. The molecule has 0 aromatic rings. The monoisotopic (exact) mass is 169 g/mol. The van der Waals surface area contributed by atoms with Crippen molar-refractivity contribution in [3.8, 4) is 0 Å². The molecular weight excluding hydrogens is 150 g/mol. The van der Waals surface area contributed by atoms with Crippen LogP contribution in [0.25, 0.3) is 0 Å². The van der Waals surface area contributed by atoms with Gasteiger partial charge in [-0.05, 0) is 11.8 Å². The van der Waals surface area contributed by atoms with Crippen LogP contribution in [0.2, 0.25) is 0 Å². The van der Waals surface area contributed by atoms with Crippen molar-refractivity contribution in [1.29, 1.82) is 0 Å². The van der Waals surface area contributed by atoms with Crippen molar-refractivity contribution >= 4 is 5.71 Å². The van der Waals surface area contributed by atoms with Gasteiger partial charge in [-0.1, -0.05) is 39.8 Å². The van der Waals surface area contributed by atoms with Crippen molar-refractivity contribution in [2.24, 2.45) is 22.9 Å². The largest absolute Gasteiger partial charge is 0.392 e. The zero-order chi connectivity index (χ0) is 9.30. The van der Waals surface area contributed by atoms with Crippen LogP contribution in [0, 0.1) is 17.8 Å². The molecule has 0 spiro atoms. The van der Waals surface area contributed by atoms with Crippen LogP contribution < -0.4 is 0 Å². The van der Waals surface area contributed by atoms with E-state index in [0.29, 0.717) is 23.9 Å². The molecular formula is C10H19NO. The average Bonchev–Trinajstić information content (AvgIpc) is 2.30. The van der Waals surface area contributed by atoms with E-state index in [2.05, 4.69) is 39.8 Å². The van der Waals surface area contributed by atoms with Crippen LogP contribution in [0.15, 0.2) is 5.16 Å².